The predicted molar refractivity (Wildman–Crippen MR) is 40.6 cm³/mol. The van der Waals surface area contributed by atoms with Gasteiger partial charge in [-0.15, -0.1) is 0 Å². The van der Waals surface area contributed by atoms with E-state index in [2.05, 4.69) is 15.7 Å². The highest BCUT2D eigenvalue weighted by Gasteiger charge is 2.44. The summed E-state index contributed by atoms with van der Waals surface area (Å²) in [5.41, 5.74) is -1.31. The van der Waals surface area contributed by atoms with Crippen molar-refractivity contribution in [3.05, 3.63) is 23.3 Å². The lowest BCUT2D eigenvalue weighted by Crippen LogP contribution is -2.26. The van der Waals surface area contributed by atoms with Crippen molar-refractivity contribution in [2.24, 2.45) is 5.73 Å². The number of aromatic nitrogens is 2. The molecule has 0 fully saturated rings. The van der Waals surface area contributed by atoms with E-state index in [1.807, 2.05) is 0 Å². The Morgan fingerprint density at radius 1 is 1.00 bits per heavy atom. The highest BCUT2D eigenvalue weighted by Crippen LogP contribution is 2.36. The Balaban J connectivity index is 3.61. The van der Waals surface area contributed by atoms with Crippen LogP contribution in [0.2, 0.25) is 0 Å². The molecule has 0 aliphatic rings. The zero-order valence-electron chi connectivity index (χ0n) is 7.73. The van der Waals surface area contributed by atoms with E-state index in [-0.39, 0.29) is 6.33 Å². The lowest BCUT2D eigenvalue weighted by atomic mass is 10.1. The van der Waals surface area contributed by atoms with Crippen LogP contribution in [0.1, 0.15) is 21.7 Å². The summed E-state index contributed by atoms with van der Waals surface area (Å²) in [6.45, 7) is 0. The van der Waals surface area contributed by atoms with E-state index in [0.717, 1.165) is 0 Å². The van der Waals surface area contributed by atoms with Crippen molar-refractivity contribution in [3.63, 3.8) is 0 Å². The monoisotopic (exact) mass is 259 g/mol. The third kappa shape index (κ3) is 2.63. The van der Waals surface area contributed by atoms with Crippen LogP contribution in [0, 0.1) is 0 Å². The van der Waals surface area contributed by atoms with E-state index in [9.17, 15) is 31.1 Å². The first-order valence-corrected chi connectivity index (χ1v) is 3.84. The fourth-order valence-corrected chi connectivity index (χ4v) is 1.05. The number of nitrogens with two attached hydrogens (primary N) is 1. The largest absolute Gasteiger partial charge is 0.434 e. The Morgan fingerprint density at radius 3 is 1.59 bits per heavy atom. The molecule has 94 valence electrons. The van der Waals surface area contributed by atoms with Crippen molar-refractivity contribution < 1.29 is 31.1 Å². The maximum absolute atomic E-state index is 12.3. The molecular weight excluding hydrogens is 256 g/mol. The summed E-state index contributed by atoms with van der Waals surface area (Å²) in [4.78, 5) is 15.9. The molecule has 4 nitrogen and oxygen atoms in total. The number of primary amides is 1. The third-order valence-corrected chi connectivity index (χ3v) is 1.63. The molecule has 0 atom stereocenters. The first-order valence-electron chi connectivity index (χ1n) is 3.84. The van der Waals surface area contributed by atoms with Crippen molar-refractivity contribution >= 4 is 5.91 Å². The molecule has 0 spiro atoms. The normalized spacial score (nSPS) is 12.6. The van der Waals surface area contributed by atoms with Crippen LogP contribution >= 0.6 is 0 Å². The van der Waals surface area contributed by atoms with Gasteiger partial charge in [0.25, 0.3) is 5.91 Å². The number of nitrogens with zero attached hydrogens (tertiary/aromatic N) is 2. The molecule has 0 saturated heterocycles. The molecule has 0 aromatic carbocycles. The molecule has 1 heterocycles. The van der Waals surface area contributed by atoms with Crippen molar-refractivity contribution in [1.82, 2.24) is 9.97 Å². The fourth-order valence-electron chi connectivity index (χ4n) is 1.05. The van der Waals surface area contributed by atoms with Gasteiger partial charge in [-0.2, -0.15) is 26.3 Å². The van der Waals surface area contributed by atoms with Gasteiger partial charge in [0.05, 0.1) is 0 Å². The van der Waals surface area contributed by atoms with Crippen LogP contribution in [0.4, 0.5) is 26.3 Å². The Bertz CT molecular complexity index is 420. The lowest BCUT2D eigenvalue weighted by molar-refractivity contribution is -0.148. The minimum atomic E-state index is -5.23. The van der Waals surface area contributed by atoms with Crippen molar-refractivity contribution in [2.75, 3.05) is 0 Å². The predicted octanol–water partition coefficient (Wildman–Crippen LogP) is 1.61. The number of hydrogen-bond acceptors (Lipinski definition) is 3. The van der Waals surface area contributed by atoms with E-state index < -0.39 is 35.2 Å². The van der Waals surface area contributed by atoms with Gasteiger partial charge >= 0.3 is 12.4 Å². The van der Waals surface area contributed by atoms with Gasteiger partial charge in [-0.05, 0) is 0 Å². The van der Waals surface area contributed by atoms with Gasteiger partial charge in [0.2, 0.25) is 0 Å². The van der Waals surface area contributed by atoms with Gasteiger partial charge in [0, 0.05) is 0 Å². The highest BCUT2D eigenvalue weighted by molar-refractivity contribution is 5.95. The molecule has 0 saturated carbocycles. The van der Waals surface area contributed by atoms with Crippen LogP contribution in [0.15, 0.2) is 6.33 Å². The molecule has 2 N–H and O–H groups in total. The first kappa shape index (κ1) is 13.2. The van der Waals surface area contributed by atoms with Gasteiger partial charge in [-0.25, -0.2) is 9.97 Å². The van der Waals surface area contributed by atoms with E-state index in [4.69, 9.17) is 0 Å². The third-order valence-electron chi connectivity index (χ3n) is 1.63. The first-order chi connectivity index (χ1) is 7.55. The van der Waals surface area contributed by atoms with Gasteiger partial charge < -0.3 is 5.73 Å². The topological polar surface area (TPSA) is 68.9 Å². The van der Waals surface area contributed by atoms with Crippen LogP contribution in [0.25, 0.3) is 0 Å². The van der Waals surface area contributed by atoms with Crippen LogP contribution in [-0.2, 0) is 12.4 Å². The SMILES string of the molecule is NC(=O)c1c(C(F)(F)F)ncnc1C(F)(F)F. The Hall–Kier alpha value is -1.87. The standard InChI is InChI=1S/C7H3F6N3O/c8-6(9,10)3-2(5(14)17)4(7(11,12)13)16-1-15-3/h1H,(H2,14,17). The molecule has 0 aliphatic carbocycles. The molecule has 0 radical (unpaired) electrons. The minimum absolute atomic E-state index is 0.0675. The van der Waals surface area contributed by atoms with Crippen LogP contribution in [0.3, 0.4) is 0 Å². The van der Waals surface area contributed by atoms with E-state index in [1.165, 1.54) is 0 Å². The average Bonchev–Trinajstić information content (AvgIpc) is 2.13. The molecule has 1 rings (SSSR count). The maximum atomic E-state index is 12.3. The second kappa shape index (κ2) is 3.86. The number of hydrogen-bond donors (Lipinski definition) is 1. The molecule has 1 aromatic heterocycles. The number of carbonyl (C=O) groups is 1. The summed E-state index contributed by atoms with van der Waals surface area (Å²) in [7, 11) is 0. The zero-order chi connectivity index (χ0) is 13.4. The number of amides is 1. The Morgan fingerprint density at radius 2 is 1.35 bits per heavy atom. The molecule has 0 bridgehead atoms. The number of halogens is 6. The molecule has 0 aliphatic heterocycles. The summed E-state index contributed by atoms with van der Waals surface area (Å²) in [5, 5.41) is 0. The summed E-state index contributed by atoms with van der Waals surface area (Å²) in [6, 6.07) is 0. The van der Waals surface area contributed by atoms with Gasteiger partial charge in [-0.1, -0.05) is 0 Å². The molecule has 10 heteroatoms. The Labute approximate surface area is 89.5 Å². The second-order valence-electron chi connectivity index (χ2n) is 2.81. The quantitative estimate of drug-likeness (QED) is 0.779. The molecule has 0 unspecified atom stereocenters. The summed E-state index contributed by atoms with van der Waals surface area (Å²) < 4.78 is 73.9. The lowest BCUT2D eigenvalue weighted by Gasteiger charge is -2.13. The van der Waals surface area contributed by atoms with Crippen LogP contribution in [0.5, 0.6) is 0 Å². The minimum Gasteiger partial charge on any atom is -0.365 e. The average molecular weight is 259 g/mol. The number of alkyl halides is 6. The molecule has 1 aromatic rings. The smallest absolute Gasteiger partial charge is 0.365 e. The number of rotatable bonds is 1. The fraction of sp³-hybridized carbons (Fsp3) is 0.286. The second-order valence-corrected chi connectivity index (χ2v) is 2.81. The van der Waals surface area contributed by atoms with Crippen LogP contribution < -0.4 is 5.73 Å². The number of carbonyl (C=O) groups excluding carboxylic acids is 1. The van der Waals surface area contributed by atoms with Crippen molar-refractivity contribution in [2.45, 2.75) is 12.4 Å². The van der Waals surface area contributed by atoms with Crippen molar-refractivity contribution in [3.8, 4) is 0 Å². The zero-order valence-corrected chi connectivity index (χ0v) is 7.73. The van der Waals surface area contributed by atoms with Crippen LogP contribution in [-0.4, -0.2) is 15.9 Å². The van der Waals surface area contributed by atoms with Crippen molar-refractivity contribution in [1.29, 1.82) is 0 Å². The molecular formula is C7H3F6N3O. The summed E-state index contributed by atoms with van der Waals surface area (Å²) >= 11 is 0. The maximum Gasteiger partial charge on any atom is 0.434 e. The van der Waals surface area contributed by atoms with Gasteiger partial charge in [-0.3, -0.25) is 4.79 Å². The van der Waals surface area contributed by atoms with E-state index in [1.54, 1.807) is 0 Å². The van der Waals surface area contributed by atoms with Gasteiger partial charge in [0.1, 0.15) is 11.9 Å². The molecule has 1 amide bonds. The summed E-state index contributed by atoms with van der Waals surface area (Å²) in [6.07, 6.45) is -10.4. The van der Waals surface area contributed by atoms with E-state index in [0.29, 0.717) is 0 Å². The molecule has 17 heavy (non-hydrogen) atoms. The van der Waals surface area contributed by atoms with Gasteiger partial charge in [0.15, 0.2) is 11.4 Å². The summed E-state index contributed by atoms with van der Waals surface area (Å²) in [5.74, 6) is -1.90. The highest BCUT2D eigenvalue weighted by atomic mass is 19.4. The Kier molecular flexibility index (Phi) is 2.99. The van der Waals surface area contributed by atoms with E-state index >= 15 is 0 Å².